The Morgan fingerprint density at radius 2 is 2.04 bits per heavy atom. The molecule has 0 saturated heterocycles. The number of nitrogens with zero attached hydrogens (tertiary/aromatic N) is 4. The van der Waals surface area contributed by atoms with E-state index in [1.54, 1.807) is 35.6 Å². The first-order chi connectivity index (χ1) is 11.8. The summed E-state index contributed by atoms with van der Waals surface area (Å²) < 4.78 is 18.6. The number of benzene rings is 1. The van der Waals surface area contributed by atoms with Gasteiger partial charge < -0.3 is 10.1 Å². The Balaban J connectivity index is 1.46. The van der Waals surface area contributed by atoms with Crippen LogP contribution in [0.2, 0.25) is 0 Å². The Labute approximate surface area is 138 Å². The first kappa shape index (κ1) is 14.4. The van der Waals surface area contributed by atoms with Crippen molar-refractivity contribution in [3.63, 3.8) is 0 Å². The second-order valence-corrected chi connectivity index (χ2v) is 5.28. The number of hydrazone groups is 1. The van der Waals surface area contributed by atoms with Crippen molar-refractivity contribution >= 4 is 11.9 Å². The fraction of sp³-hybridized carbons (Fsp3) is 0.118. The molecule has 2 aliphatic rings. The molecule has 24 heavy (non-hydrogen) atoms. The number of pyridine rings is 1. The molecule has 1 aromatic heterocycles. The summed E-state index contributed by atoms with van der Waals surface area (Å²) in [7, 11) is 0. The van der Waals surface area contributed by atoms with Gasteiger partial charge in [-0.15, -0.1) is 0 Å². The Bertz CT molecular complexity index is 817. The highest BCUT2D eigenvalue weighted by atomic mass is 19.1. The highest BCUT2D eigenvalue weighted by Crippen LogP contribution is 2.18. The summed E-state index contributed by atoms with van der Waals surface area (Å²) in [5.41, 5.74) is 2.34. The van der Waals surface area contributed by atoms with Gasteiger partial charge in [0.1, 0.15) is 18.1 Å². The molecular formula is C17H14FN5O. The van der Waals surface area contributed by atoms with E-state index in [1.807, 2.05) is 18.3 Å². The monoisotopic (exact) mass is 323 g/mol. The quantitative estimate of drug-likeness (QED) is 0.936. The number of aromatic nitrogens is 1. The minimum absolute atomic E-state index is 0.276. The van der Waals surface area contributed by atoms with Gasteiger partial charge in [-0.2, -0.15) is 5.10 Å². The average molecular weight is 323 g/mol. The number of hydrogen-bond acceptors (Lipinski definition) is 6. The van der Waals surface area contributed by atoms with Gasteiger partial charge in [-0.25, -0.2) is 19.4 Å². The van der Waals surface area contributed by atoms with E-state index < -0.39 is 0 Å². The number of ether oxygens (including phenoxy) is 1. The summed E-state index contributed by atoms with van der Waals surface area (Å²) in [6.07, 6.45) is 4.92. The van der Waals surface area contributed by atoms with Gasteiger partial charge in [0.25, 0.3) is 0 Å². The summed E-state index contributed by atoms with van der Waals surface area (Å²) in [6.45, 7) is 0.348. The SMILES string of the molecule is Fc1ccc(C2=NN3C=C(COc4ccccn4)NC3N=C2)cc1. The summed E-state index contributed by atoms with van der Waals surface area (Å²) >= 11 is 0. The van der Waals surface area contributed by atoms with Crippen LogP contribution >= 0.6 is 0 Å². The van der Waals surface area contributed by atoms with Crippen molar-refractivity contribution < 1.29 is 9.13 Å². The van der Waals surface area contributed by atoms with Crippen LogP contribution in [0.1, 0.15) is 5.56 Å². The summed E-state index contributed by atoms with van der Waals surface area (Å²) in [6, 6.07) is 11.7. The van der Waals surface area contributed by atoms with Crippen molar-refractivity contribution in [2.45, 2.75) is 6.29 Å². The fourth-order valence-corrected chi connectivity index (χ4v) is 2.40. The standard InChI is InChI=1S/C17H14FN5O/c18-13-6-4-12(5-7-13)15-9-20-17-21-14(10-23(17)22-15)11-24-16-3-1-2-8-19-16/h1-10,17,21H,11H2. The summed E-state index contributed by atoms with van der Waals surface area (Å²) in [5.74, 6) is 0.283. The second kappa shape index (κ2) is 6.11. The first-order valence-corrected chi connectivity index (χ1v) is 7.45. The number of rotatable bonds is 4. The number of hydrogen-bond donors (Lipinski definition) is 1. The van der Waals surface area contributed by atoms with Crippen molar-refractivity contribution in [2.75, 3.05) is 6.61 Å². The molecule has 0 aliphatic carbocycles. The largest absolute Gasteiger partial charge is 0.471 e. The van der Waals surface area contributed by atoms with E-state index >= 15 is 0 Å². The van der Waals surface area contributed by atoms with Crippen molar-refractivity contribution in [2.24, 2.45) is 10.1 Å². The maximum absolute atomic E-state index is 13.0. The molecule has 2 aromatic rings. The van der Waals surface area contributed by atoms with Crippen LogP contribution in [0.15, 0.2) is 70.7 Å². The van der Waals surface area contributed by atoms with Crippen molar-refractivity contribution in [3.8, 4) is 5.88 Å². The topological polar surface area (TPSA) is 62.1 Å². The molecule has 1 unspecified atom stereocenters. The van der Waals surface area contributed by atoms with E-state index in [1.165, 1.54) is 12.1 Å². The van der Waals surface area contributed by atoms with Gasteiger partial charge in [-0.05, 0) is 30.3 Å². The van der Waals surface area contributed by atoms with Crippen LogP contribution in [0, 0.1) is 5.82 Å². The predicted molar refractivity (Wildman–Crippen MR) is 88.0 cm³/mol. The lowest BCUT2D eigenvalue weighted by Gasteiger charge is -2.21. The van der Waals surface area contributed by atoms with Crippen LogP contribution in [0.4, 0.5) is 4.39 Å². The Kier molecular flexibility index (Phi) is 3.66. The van der Waals surface area contributed by atoms with Gasteiger partial charge in [0.2, 0.25) is 12.2 Å². The molecule has 6 nitrogen and oxygen atoms in total. The van der Waals surface area contributed by atoms with Crippen molar-refractivity contribution in [1.82, 2.24) is 15.3 Å². The van der Waals surface area contributed by atoms with Crippen LogP contribution in [0.3, 0.4) is 0 Å². The third kappa shape index (κ3) is 2.96. The van der Waals surface area contributed by atoms with Crippen LogP contribution in [-0.2, 0) is 0 Å². The van der Waals surface area contributed by atoms with E-state index in [-0.39, 0.29) is 12.1 Å². The van der Waals surface area contributed by atoms with E-state index in [9.17, 15) is 4.39 Å². The number of nitrogens with one attached hydrogen (secondary N) is 1. The van der Waals surface area contributed by atoms with E-state index in [4.69, 9.17) is 4.74 Å². The molecule has 3 heterocycles. The molecule has 0 saturated carbocycles. The van der Waals surface area contributed by atoms with Crippen LogP contribution in [0.25, 0.3) is 0 Å². The first-order valence-electron chi connectivity index (χ1n) is 7.45. The number of fused-ring (bicyclic) bond motifs is 1. The highest BCUT2D eigenvalue weighted by molar-refractivity contribution is 6.38. The molecule has 0 fully saturated rings. The third-order valence-corrected chi connectivity index (χ3v) is 3.57. The summed E-state index contributed by atoms with van der Waals surface area (Å²) in [5, 5.41) is 9.45. The lowest BCUT2D eigenvalue weighted by Crippen LogP contribution is -2.36. The summed E-state index contributed by atoms with van der Waals surface area (Å²) in [4.78, 5) is 8.53. The third-order valence-electron chi connectivity index (χ3n) is 3.57. The van der Waals surface area contributed by atoms with E-state index in [0.29, 0.717) is 18.2 Å². The number of aliphatic imine (C=N–C) groups is 1. The average Bonchev–Trinajstić information content (AvgIpc) is 3.03. The van der Waals surface area contributed by atoms with Gasteiger partial charge >= 0.3 is 0 Å². The van der Waals surface area contributed by atoms with Gasteiger partial charge in [-0.3, -0.25) is 0 Å². The van der Waals surface area contributed by atoms with Gasteiger partial charge in [-0.1, -0.05) is 6.07 Å². The van der Waals surface area contributed by atoms with Crippen LogP contribution in [-0.4, -0.2) is 34.8 Å². The molecule has 120 valence electrons. The predicted octanol–water partition coefficient (Wildman–Crippen LogP) is 2.12. The molecule has 1 aromatic carbocycles. The Hall–Kier alpha value is -3.22. The van der Waals surface area contributed by atoms with Crippen molar-refractivity contribution in [3.05, 3.63) is 71.9 Å². The smallest absolute Gasteiger partial charge is 0.215 e. The Morgan fingerprint density at radius 3 is 2.83 bits per heavy atom. The van der Waals surface area contributed by atoms with Gasteiger partial charge in [0.15, 0.2) is 0 Å². The molecule has 1 atom stereocenters. The molecule has 0 spiro atoms. The van der Waals surface area contributed by atoms with Crippen LogP contribution < -0.4 is 10.1 Å². The molecule has 0 amide bonds. The lowest BCUT2D eigenvalue weighted by atomic mass is 10.1. The normalized spacial score (nSPS) is 18.5. The molecule has 0 bridgehead atoms. The number of halogens is 1. The van der Waals surface area contributed by atoms with Crippen molar-refractivity contribution in [1.29, 1.82) is 0 Å². The van der Waals surface area contributed by atoms with E-state index in [2.05, 4.69) is 20.4 Å². The van der Waals surface area contributed by atoms with Gasteiger partial charge in [0, 0.05) is 17.8 Å². The zero-order chi connectivity index (χ0) is 16.4. The van der Waals surface area contributed by atoms with E-state index in [0.717, 1.165) is 11.3 Å². The van der Waals surface area contributed by atoms with Crippen LogP contribution in [0.5, 0.6) is 5.88 Å². The molecule has 1 N–H and O–H groups in total. The molecule has 7 heteroatoms. The maximum Gasteiger partial charge on any atom is 0.215 e. The zero-order valence-electron chi connectivity index (χ0n) is 12.6. The molecular weight excluding hydrogens is 309 g/mol. The molecule has 4 rings (SSSR count). The zero-order valence-corrected chi connectivity index (χ0v) is 12.6. The fourth-order valence-electron chi connectivity index (χ4n) is 2.40. The lowest BCUT2D eigenvalue weighted by molar-refractivity contribution is 0.290. The Morgan fingerprint density at radius 1 is 1.17 bits per heavy atom. The molecule has 0 radical (unpaired) electrons. The second-order valence-electron chi connectivity index (χ2n) is 5.28. The maximum atomic E-state index is 13.0. The highest BCUT2D eigenvalue weighted by Gasteiger charge is 2.26. The minimum Gasteiger partial charge on any atom is -0.471 e. The minimum atomic E-state index is -0.281. The van der Waals surface area contributed by atoms with Gasteiger partial charge in [0.05, 0.1) is 18.1 Å². The molecule has 2 aliphatic heterocycles.